The minimum atomic E-state index is 0.136. The number of hydrogen-bond acceptors (Lipinski definition) is 5. The van der Waals surface area contributed by atoms with E-state index in [9.17, 15) is 0 Å². The molecular formula is C11H19ClN4O. The largest absolute Gasteiger partial charge is 0.396 e. The fraction of sp³-hybridized carbons (Fsp3) is 0.636. The third-order valence-corrected chi connectivity index (χ3v) is 2.81. The zero-order chi connectivity index (χ0) is 12.8. The summed E-state index contributed by atoms with van der Waals surface area (Å²) in [6.07, 6.45) is 2.21. The first kappa shape index (κ1) is 14.0. The molecule has 0 bridgehead atoms. The number of hydrogen-bond donors (Lipinski definition) is 3. The van der Waals surface area contributed by atoms with Crippen LogP contribution >= 0.6 is 11.6 Å². The van der Waals surface area contributed by atoms with Crippen molar-refractivity contribution >= 4 is 23.4 Å². The number of aliphatic hydroxyl groups excluding tert-OH is 1. The van der Waals surface area contributed by atoms with Gasteiger partial charge in [0, 0.05) is 19.7 Å². The molecule has 0 aromatic carbocycles. The summed E-state index contributed by atoms with van der Waals surface area (Å²) in [5.74, 6) is 1.49. The summed E-state index contributed by atoms with van der Waals surface area (Å²) in [5.41, 5.74) is 0. The summed E-state index contributed by atoms with van der Waals surface area (Å²) in [6, 6.07) is 0.136. The van der Waals surface area contributed by atoms with Gasteiger partial charge in [0.2, 0.25) is 5.95 Å². The first-order valence-electron chi connectivity index (χ1n) is 5.66. The summed E-state index contributed by atoms with van der Waals surface area (Å²) < 4.78 is 0. The molecule has 1 aromatic rings. The quantitative estimate of drug-likeness (QED) is 0.728. The molecule has 0 aliphatic carbocycles. The molecule has 0 spiro atoms. The molecule has 1 rings (SSSR count). The van der Waals surface area contributed by atoms with Gasteiger partial charge in [0.1, 0.15) is 5.02 Å². The lowest BCUT2D eigenvalue weighted by molar-refractivity contribution is 0.267. The summed E-state index contributed by atoms with van der Waals surface area (Å²) in [4.78, 5) is 8.26. The lowest BCUT2D eigenvalue weighted by Gasteiger charge is -2.22. The van der Waals surface area contributed by atoms with Crippen molar-refractivity contribution in [2.75, 3.05) is 24.3 Å². The average Bonchev–Trinajstić information content (AvgIpc) is 2.31. The lowest BCUT2D eigenvalue weighted by atomic mass is 10.0. The lowest BCUT2D eigenvalue weighted by Crippen LogP contribution is -2.27. The Kier molecular flexibility index (Phi) is 5.44. The molecule has 0 amide bonds. The predicted octanol–water partition coefficient (Wildman–Crippen LogP) is 1.99. The summed E-state index contributed by atoms with van der Waals surface area (Å²) in [6.45, 7) is 4.31. The second-order valence-corrected chi connectivity index (χ2v) is 4.55. The fourth-order valence-electron chi connectivity index (χ4n) is 1.48. The van der Waals surface area contributed by atoms with Gasteiger partial charge in [-0.15, -0.1) is 0 Å². The van der Waals surface area contributed by atoms with Gasteiger partial charge in [0.15, 0.2) is 5.82 Å². The van der Waals surface area contributed by atoms with Crippen molar-refractivity contribution in [2.45, 2.75) is 26.3 Å². The first-order valence-corrected chi connectivity index (χ1v) is 6.04. The van der Waals surface area contributed by atoms with Crippen LogP contribution in [0, 0.1) is 5.92 Å². The molecule has 1 aromatic heterocycles. The van der Waals surface area contributed by atoms with Gasteiger partial charge in [0.25, 0.3) is 0 Å². The van der Waals surface area contributed by atoms with Crippen LogP contribution in [-0.2, 0) is 0 Å². The van der Waals surface area contributed by atoms with E-state index < -0.39 is 0 Å². The maximum absolute atomic E-state index is 9.02. The van der Waals surface area contributed by atoms with Crippen LogP contribution in [0.15, 0.2) is 6.20 Å². The summed E-state index contributed by atoms with van der Waals surface area (Å²) in [7, 11) is 1.75. The van der Waals surface area contributed by atoms with Crippen molar-refractivity contribution in [1.82, 2.24) is 9.97 Å². The number of halogens is 1. The van der Waals surface area contributed by atoms with E-state index in [4.69, 9.17) is 16.7 Å². The Balaban J connectivity index is 2.84. The summed E-state index contributed by atoms with van der Waals surface area (Å²) >= 11 is 6.02. The molecule has 1 heterocycles. The smallest absolute Gasteiger partial charge is 0.224 e. The third kappa shape index (κ3) is 4.02. The second kappa shape index (κ2) is 6.61. The van der Waals surface area contributed by atoms with Gasteiger partial charge in [-0.25, -0.2) is 4.98 Å². The van der Waals surface area contributed by atoms with E-state index in [0.29, 0.717) is 29.1 Å². The van der Waals surface area contributed by atoms with Gasteiger partial charge < -0.3 is 15.7 Å². The van der Waals surface area contributed by atoms with Gasteiger partial charge in [-0.05, 0) is 12.3 Å². The Labute approximate surface area is 107 Å². The Bertz CT molecular complexity index is 359. The van der Waals surface area contributed by atoms with Gasteiger partial charge in [-0.3, -0.25) is 0 Å². The van der Waals surface area contributed by atoms with Crippen molar-refractivity contribution < 1.29 is 5.11 Å². The zero-order valence-corrected chi connectivity index (χ0v) is 11.1. The minimum absolute atomic E-state index is 0.136. The van der Waals surface area contributed by atoms with Crippen LogP contribution in [0.2, 0.25) is 5.02 Å². The van der Waals surface area contributed by atoms with Crippen LogP contribution in [-0.4, -0.2) is 34.8 Å². The normalized spacial score (nSPS) is 12.6. The molecule has 0 aliphatic rings. The Hall–Kier alpha value is -1.07. The highest BCUT2D eigenvalue weighted by Crippen LogP contribution is 2.22. The maximum Gasteiger partial charge on any atom is 0.224 e. The van der Waals surface area contributed by atoms with Crippen LogP contribution < -0.4 is 10.6 Å². The third-order valence-electron chi connectivity index (χ3n) is 2.53. The van der Waals surface area contributed by atoms with Crippen molar-refractivity contribution in [2.24, 2.45) is 5.92 Å². The molecule has 5 nitrogen and oxygen atoms in total. The number of anilines is 2. The SMILES string of the molecule is CNc1ncc(Cl)c(NC(CCO)C(C)C)n1. The Morgan fingerprint density at radius 1 is 1.47 bits per heavy atom. The standard InChI is InChI=1S/C11H19ClN4O/c1-7(2)9(4-5-17)15-10-8(12)6-14-11(13-3)16-10/h6-7,9,17H,4-5H2,1-3H3,(H2,13,14,15,16). The molecule has 0 fully saturated rings. The molecule has 6 heteroatoms. The van der Waals surface area contributed by atoms with E-state index in [1.807, 2.05) is 0 Å². The highest BCUT2D eigenvalue weighted by Gasteiger charge is 2.15. The number of nitrogens with one attached hydrogen (secondary N) is 2. The number of aliphatic hydroxyl groups is 1. The monoisotopic (exact) mass is 258 g/mol. The van der Waals surface area contributed by atoms with Crippen molar-refractivity contribution in [3.05, 3.63) is 11.2 Å². The van der Waals surface area contributed by atoms with Crippen LogP contribution in [0.4, 0.5) is 11.8 Å². The van der Waals surface area contributed by atoms with E-state index in [0.717, 1.165) is 0 Å². The molecule has 0 aliphatic heterocycles. The highest BCUT2D eigenvalue weighted by molar-refractivity contribution is 6.32. The first-order chi connectivity index (χ1) is 8.08. The zero-order valence-electron chi connectivity index (χ0n) is 10.4. The van der Waals surface area contributed by atoms with E-state index in [-0.39, 0.29) is 12.6 Å². The van der Waals surface area contributed by atoms with E-state index in [1.54, 1.807) is 13.2 Å². The van der Waals surface area contributed by atoms with Crippen LogP contribution in [0.1, 0.15) is 20.3 Å². The molecule has 17 heavy (non-hydrogen) atoms. The number of aromatic nitrogens is 2. The molecule has 1 atom stereocenters. The predicted molar refractivity (Wildman–Crippen MR) is 70.5 cm³/mol. The van der Waals surface area contributed by atoms with Crippen molar-refractivity contribution in [3.8, 4) is 0 Å². The summed E-state index contributed by atoms with van der Waals surface area (Å²) in [5, 5.41) is 15.6. The van der Waals surface area contributed by atoms with Crippen molar-refractivity contribution in [1.29, 1.82) is 0 Å². The molecule has 1 unspecified atom stereocenters. The van der Waals surface area contributed by atoms with Gasteiger partial charge in [-0.1, -0.05) is 25.4 Å². The number of rotatable bonds is 6. The van der Waals surface area contributed by atoms with E-state index >= 15 is 0 Å². The second-order valence-electron chi connectivity index (χ2n) is 4.15. The van der Waals surface area contributed by atoms with Crippen LogP contribution in [0.25, 0.3) is 0 Å². The molecule has 0 radical (unpaired) electrons. The van der Waals surface area contributed by atoms with E-state index in [1.165, 1.54) is 0 Å². The van der Waals surface area contributed by atoms with Crippen LogP contribution in [0.3, 0.4) is 0 Å². The fourth-order valence-corrected chi connectivity index (χ4v) is 1.62. The minimum Gasteiger partial charge on any atom is -0.396 e. The van der Waals surface area contributed by atoms with Gasteiger partial charge >= 0.3 is 0 Å². The van der Waals surface area contributed by atoms with Gasteiger partial charge in [0.05, 0.1) is 6.20 Å². The van der Waals surface area contributed by atoms with E-state index in [2.05, 4.69) is 34.4 Å². The Morgan fingerprint density at radius 2 is 2.18 bits per heavy atom. The highest BCUT2D eigenvalue weighted by atomic mass is 35.5. The molecule has 0 saturated heterocycles. The van der Waals surface area contributed by atoms with Crippen molar-refractivity contribution in [3.63, 3.8) is 0 Å². The molecule has 96 valence electrons. The maximum atomic E-state index is 9.02. The molecule has 0 saturated carbocycles. The van der Waals surface area contributed by atoms with Crippen LogP contribution in [0.5, 0.6) is 0 Å². The molecular weight excluding hydrogens is 240 g/mol. The number of nitrogens with zero attached hydrogens (tertiary/aromatic N) is 2. The van der Waals surface area contributed by atoms with Gasteiger partial charge in [-0.2, -0.15) is 4.98 Å². The topological polar surface area (TPSA) is 70.1 Å². The average molecular weight is 259 g/mol. The molecule has 3 N–H and O–H groups in total. The Morgan fingerprint density at radius 3 is 2.71 bits per heavy atom.